The summed E-state index contributed by atoms with van der Waals surface area (Å²) >= 11 is 0. The van der Waals surface area contributed by atoms with Crippen LogP contribution < -0.4 is 0 Å². The van der Waals surface area contributed by atoms with Crippen molar-refractivity contribution in [3.05, 3.63) is 35.9 Å². The van der Waals surface area contributed by atoms with Gasteiger partial charge in [-0.2, -0.15) is 0 Å². The van der Waals surface area contributed by atoms with Crippen molar-refractivity contribution in [2.24, 2.45) is 0 Å². The largest absolute Gasteiger partial charge is 0.444 e. The number of ether oxygens (including phenoxy) is 2. The van der Waals surface area contributed by atoms with Crippen LogP contribution in [0.1, 0.15) is 32.3 Å². The normalized spacial score (nSPS) is 25.7. The molecule has 0 spiro atoms. The second-order valence-electron chi connectivity index (χ2n) is 6.29. The Kier molecular flexibility index (Phi) is 3.42. The second-order valence-corrected chi connectivity index (χ2v) is 6.29. The van der Waals surface area contributed by atoms with Gasteiger partial charge in [0.25, 0.3) is 0 Å². The van der Waals surface area contributed by atoms with Gasteiger partial charge in [0, 0.05) is 0 Å². The van der Waals surface area contributed by atoms with E-state index >= 15 is 0 Å². The minimum Gasteiger partial charge on any atom is -0.444 e. The predicted octanol–water partition coefficient (Wildman–Crippen LogP) is 2.29. The molecular formula is C16H21NO4. The topological polar surface area (TPSA) is 59.0 Å². The van der Waals surface area contributed by atoms with E-state index in [0.717, 1.165) is 5.56 Å². The Morgan fingerprint density at radius 2 is 2.05 bits per heavy atom. The van der Waals surface area contributed by atoms with Gasteiger partial charge in [-0.05, 0) is 32.3 Å². The van der Waals surface area contributed by atoms with Crippen LogP contribution in [0.4, 0.5) is 4.79 Å². The average Bonchev–Trinajstić information content (AvgIpc) is 3.11. The zero-order valence-corrected chi connectivity index (χ0v) is 12.4. The van der Waals surface area contributed by atoms with Gasteiger partial charge < -0.3 is 14.6 Å². The van der Waals surface area contributed by atoms with Crippen molar-refractivity contribution in [2.45, 2.75) is 50.7 Å². The molecule has 1 aliphatic heterocycles. The summed E-state index contributed by atoms with van der Waals surface area (Å²) in [6, 6.07) is 9.22. The maximum Gasteiger partial charge on any atom is 0.412 e. The van der Waals surface area contributed by atoms with Crippen molar-refractivity contribution in [2.75, 3.05) is 6.61 Å². The van der Waals surface area contributed by atoms with Crippen molar-refractivity contribution in [1.29, 1.82) is 0 Å². The van der Waals surface area contributed by atoms with Gasteiger partial charge in [-0.3, -0.25) is 4.90 Å². The summed E-state index contributed by atoms with van der Waals surface area (Å²) in [6.07, 6.45) is 0.978. The van der Waals surface area contributed by atoms with Crippen molar-refractivity contribution in [3.8, 4) is 0 Å². The van der Waals surface area contributed by atoms with Crippen LogP contribution in [-0.2, 0) is 16.1 Å². The molecule has 21 heavy (non-hydrogen) atoms. The van der Waals surface area contributed by atoms with E-state index in [4.69, 9.17) is 9.47 Å². The summed E-state index contributed by atoms with van der Waals surface area (Å²) in [4.78, 5) is 14.0. The molecule has 2 fully saturated rings. The Hall–Kier alpha value is -1.59. The SMILES string of the molecule is CC1(C)OCC(C2(O)CC2)N1C(=O)OCc1ccccc1. The number of hydrogen-bond donors (Lipinski definition) is 1. The first-order valence-corrected chi connectivity index (χ1v) is 7.29. The molecule has 5 nitrogen and oxygen atoms in total. The number of hydrogen-bond acceptors (Lipinski definition) is 4. The molecule has 0 aromatic heterocycles. The Bertz CT molecular complexity index is 524. The number of carbonyl (C=O) groups excluding carboxylic acids is 1. The molecule has 2 aliphatic rings. The maximum atomic E-state index is 12.4. The maximum absolute atomic E-state index is 12.4. The average molecular weight is 291 g/mol. The van der Waals surface area contributed by atoms with Crippen molar-refractivity contribution in [3.63, 3.8) is 0 Å². The highest BCUT2D eigenvalue weighted by Gasteiger charge is 2.58. The van der Waals surface area contributed by atoms with Gasteiger partial charge in [-0.25, -0.2) is 4.79 Å². The summed E-state index contributed by atoms with van der Waals surface area (Å²) < 4.78 is 11.1. The first-order valence-electron chi connectivity index (χ1n) is 7.29. The minimum atomic E-state index is -0.806. The molecule has 0 bridgehead atoms. The van der Waals surface area contributed by atoms with Crippen LogP contribution in [0.3, 0.4) is 0 Å². The van der Waals surface area contributed by atoms with E-state index < -0.39 is 17.4 Å². The molecule has 0 radical (unpaired) electrons. The van der Waals surface area contributed by atoms with Gasteiger partial charge in [-0.15, -0.1) is 0 Å². The molecule has 1 atom stereocenters. The monoisotopic (exact) mass is 291 g/mol. The summed E-state index contributed by atoms with van der Waals surface area (Å²) in [5.41, 5.74) is -0.624. The van der Waals surface area contributed by atoms with Crippen LogP contribution in [0, 0.1) is 0 Å². The van der Waals surface area contributed by atoms with Crippen LogP contribution in [0.2, 0.25) is 0 Å². The number of carbonyl (C=O) groups is 1. The predicted molar refractivity (Wildman–Crippen MR) is 76.5 cm³/mol. The van der Waals surface area contributed by atoms with E-state index in [1.165, 1.54) is 0 Å². The third-order valence-corrected chi connectivity index (χ3v) is 4.27. The molecule has 1 unspecified atom stereocenters. The molecule has 1 amide bonds. The van der Waals surface area contributed by atoms with Crippen LogP contribution in [0.5, 0.6) is 0 Å². The summed E-state index contributed by atoms with van der Waals surface area (Å²) in [5.74, 6) is 0. The Labute approximate surface area is 124 Å². The fraction of sp³-hybridized carbons (Fsp3) is 0.562. The first kappa shape index (κ1) is 14.4. The van der Waals surface area contributed by atoms with Gasteiger partial charge in [0.15, 0.2) is 0 Å². The summed E-state index contributed by atoms with van der Waals surface area (Å²) in [6.45, 7) is 4.21. The molecule has 5 heteroatoms. The lowest BCUT2D eigenvalue weighted by Gasteiger charge is -2.34. The molecule has 1 saturated carbocycles. The minimum absolute atomic E-state index is 0.220. The highest BCUT2D eigenvalue weighted by atomic mass is 16.6. The Balaban J connectivity index is 1.69. The van der Waals surface area contributed by atoms with Crippen molar-refractivity contribution in [1.82, 2.24) is 4.90 Å². The summed E-state index contributed by atoms with van der Waals surface area (Å²) in [7, 11) is 0. The zero-order chi connectivity index (χ0) is 15.1. The number of rotatable bonds is 3. The van der Waals surface area contributed by atoms with Crippen molar-refractivity contribution < 1.29 is 19.4 Å². The lowest BCUT2D eigenvalue weighted by molar-refractivity contribution is -0.0559. The van der Waals surface area contributed by atoms with Crippen LogP contribution in [0.25, 0.3) is 0 Å². The van der Waals surface area contributed by atoms with Gasteiger partial charge in [0.2, 0.25) is 0 Å². The van der Waals surface area contributed by atoms with Gasteiger partial charge in [-0.1, -0.05) is 30.3 Å². The fourth-order valence-electron chi connectivity index (χ4n) is 2.79. The quantitative estimate of drug-likeness (QED) is 0.928. The molecule has 1 aromatic rings. The Morgan fingerprint density at radius 1 is 1.38 bits per heavy atom. The smallest absolute Gasteiger partial charge is 0.412 e. The number of benzene rings is 1. The molecule has 114 valence electrons. The Morgan fingerprint density at radius 3 is 2.67 bits per heavy atom. The van der Waals surface area contributed by atoms with Gasteiger partial charge in [0.05, 0.1) is 18.2 Å². The third kappa shape index (κ3) is 2.76. The third-order valence-electron chi connectivity index (χ3n) is 4.27. The van der Waals surface area contributed by atoms with E-state index in [-0.39, 0.29) is 12.6 Å². The zero-order valence-electron chi connectivity index (χ0n) is 12.4. The van der Waals surface area contributed by atoms with E-state index in [2.05, 4.69) is 0 Å². The number of amides is 1. The first-order chi connectivity index (χ1) is 9.92. The van der Waals surface area contributed by atoms with Crippen molar-refractivity contribution >= 4 is 6.09 Å². The van der Waals surface area contributed by atoms with E-state index in [1.54, 1.807) is 4.90 Å². The van der Waals surface area contributed by atoms with E-state index in [1.807, 2.05) is 44.2 Å². The van der Waals surface area contributed by atoms with Gasteiger partial charge >= 0.3 is 6.09 Å². The number of nitrogens with zero attached hydrogens (tertiary/aromatic N) is 1. The highest BCUT2D eigenvalue weighted by Crippen LogP contribution is 2.46. The number of aliphatic hydroxyl groups is 1. The van der Waals surface area contributed by atoms with Crippen LogP contribution in [-0.4, -0.2) is 40.1 Å². The van der Waals surface area contributed by atoms with Gasteiger partial charge in [0.1, 0.15) is 12.3 Å². The fourth-order valence-corrected chi connectivity index (χ4v) is 2.79. The lowest BCUT2D eigenvalue weighted by atomic mass is 10.1. The molecule has 1 aromatic carbocycles. The highest BCUT2D eigenvalue weighted by molar-refractivity contribution is 5.69. The van der Waals surface area contributed by atoms with E-state index in [0.29, 0.717) is 19.4 Å². The summed E-state index contributed by atoms with van der Waals surface area (Å²) in [5, 5.41) is 10.3. The lowest BCUT2D eigenvalue weighted by Crippen LogP contribution is -2.52. The second kappa shape index (κ2) is 5.00. The molecule has 1 heterocycles. The molecule has 1 N–H and O–H groups in total. The van der Waals surface area contributed by atoms with E-state index in [9.17, 15) is 9.90 Å². The van der Waals surface area contributed by atoms with Crippen LogP contribution >= 0.6 is 0 Å². The standard InChI is InChI=1S/C16H21NO4/c1-15(2)17(13(11-21-15)16(19)8-9-16)14(18)20-10-12-6-4-3-5-7-12/h3-7,13,19H,8-11H2,1-2H3. The molecular weight excluding hydrogens is 270 g/mol. The van der Waals surface area contributed by atoms with Crippen LogP contribution in [0.15, 0.2) is 30.3 Å². The molecule has 3 rings (SSSR count). The molecule has 1 saturated heterocycles. The molecule has 1 aliphatic carbocycles.